The Morgan fingerprint density at radius 1 is 1.37 bits per heavy atom. The van der Waals surface area contributed by atoms with E-state index in [4.69, 9.17) is 4.74 Å². The van der Waals surface area contributed by atoms with Crippen LogP contribution in [0.1, 0.15) is 51.6 Å². The molecule has 0 radical (unpaired) electrons. The molecular formula is C16H22BrNO. The maximum absolute atomic E-state index is 6.43. The number of rotatable bonds is 3. The van der Waals surface area contributed by atoms with Gasteiger partial charge in [0.1, 0.15) is 11.4 Å². The molecule has 2 nitrogen and oxygen atoms in total. The van der Waals surface area contributed by atoms with Crippen LogP contribution in [0.4, 0.5) is 0 Å². The zero-order valence-electron chi connectivity index (χ0n) is 11.9. The second-order valence-corrected chi connectivity index (χ2v) is 7.31. The van der Waals surface area contributed by atoms with Crippen molar-refractivity contribution >= 4 is 15.9 Å². The monoisotopic (exact) mass is 323 g/mol. The summed E-state index contributed by atoms with van der Waals surface area (Å²) < 4.78 is 7.52. The van der Waals surface area contributed by atoms with Gasteiger partial charge in [-0.05, 0) is 38.4 Å². The molecule has 3 rings (SSSR count). The third-order valence-electron chi connectivity index (χ3n) is 5.01. The van der Waals surface area contributed by atoms with Crippen LogP contribution in [0.25, 0.3) is 0 Å². The lowest BCUT2D eigenvalue weighted by molar-refractivity contribution is -0.0132. The van der Waals surface area contributed by atoms with Crippen LogP contribution in [0.2, 0.25) is 0 Å². The molecule has 1 aromatic rings. The molecule has 1 aromatic carbocycles. The molecule has 1 N–H and O–H groups in total. The summed E-state index contributed by atoms with van der Waals surface area (Å²) in [4.78, 5) is 0. The Morgan fingerprint density at radius 2 is 2.11 bits per heavy atom. The first-order valence-electron chi connectivity index (χ1n) is 7.19. The highest BCUT2D eigenvalue weighted by Gasteiger charge is 2.57. The zero-order chi connectivity index (χ0) is 13.7. The van der Waals surface area contributed by atoms with E-state index < -0.39 is 0 Å². The van der Waals surface area contributed by atoms with Gasteiger partial charge in [0, 0.05) is 27.9 Å². The standard InChI is InChI=1S/C16H22BrNO/c1-4-18-13-10-16(3,15(2)7-8-15)19-14-9-11(17)5-6-12(13)14/h5-6,9,13,18H,4,7-8,10H2,1-3H3. The molecule has 0 bridgehead atoms. The van der Waals surface area contributed by atoms with Crippen molar-refractivity contribution in [1.29, 1.82) is 0 Å². The molecule has 104 valence electrons. The fourth-order valence-electron chi connectivity index (χ4n) is 3.18. The van der Waals surface area contributed by atoms with Crippen LogP contribution < -0.4 is 10.1 Å². The Hall–Kier alpha value is -0.540. The lowest BCUT2D eigenvalue weighted by Crippen LogP contribution is -2.47. The highest BCUT2D eigenvalue weighted by molar-refractivity contribution is 9.10. The van der Waals surface area contributed by atoms with Crippen LogP contribution in [0.5, 0.6) is 5.75 Å². The number of ether oxygens (including phenoxy) is 1. The Morgan fingerprint density at radius 3 is 2.74 bits per heavy atom. The normalized spacial score (nSPS) is 31.5. The van der Waals surface area contributed by atoms with Gasteiger partial charge in [0.15, 0.2) is 0 Å². The third kappa shape index (κ3) is 2.21. The largest absolute Gasteiger partial charge is 0.487 e. The van der Waals surface area contributed by atoms with Crippen LogP contribution in [-0.2, 0) is 0 Å². The van der Waals surface area contributed by atoms with Crippen molar-refractivity contribution in [2.75, 3.05) is 6.54 Å². The van der Waals surface area contributed by atoms with Crippen molar-refractivity contribution in [3.8, 4) is 5.75 Å². The van der Waals surface area contributed by atoms with Crippen LogP contribution in [0, 0.1) is 5.41 Å². The van der Waals surface area contributed by atoms with Gasteiger partial charge in [-0.2, -0.15) is 0 Å². The van der Waals surface area contributed by atoms with Gasteiger partial charge in [0.05, 0.1) is 0 Å². The molecule has 3 heteroatoms. The minimum atomic E-state index is -0.0480. The SMILES string of the molecule is CCNC1CC(C)(C2(C)CC2)Oc2cc(Br)ccc21. The lowest BCUT2D eigenvalue weighted by Gasteiger charge is -2.44. The number of nitrogens with one attached hydrogen (secondary N) is 1. The van der Waals surface area contributed by atoms with Gasteiger partial charge in [-0.1, -0.05) is 35.8 Å². The van der Waals surface area contributed by atoms with Crippen molar-refractivity contribution in [3.63, 3.8) is 0 Å². The molecule has 0 spiro atoms. The van der Waals surface area contributed by atoms with Crippen LogP contribution in [0.3, 0.4) is 0 Å². The Balaban J connectivity index is 2.00. The highest BCUT2D eigenvalue weighted by atomic mass is 79.9. The minimum Gasteiger partial charge on any atom is -0.487 e. The van der Waals surface area contributed by atoms with Crippen molar-refractivity contribution in [1.82, 2.24) is 5.32 Å². The van der Waals surface area contributed by atoms with Gasteiger partial charge >= 0.3 is 0 Å². The van der Waals surface area contributed by atoms with Gasteiger partial charge in [0.25, 0.3) is 0 Å². The lowest BCUT2D eigenvalue weighted by atomic mass is 9.78. The second kappa shape index (κ2) is 4.49. The third-order valence-corrected chi connectivity index (χ3v) is 5.50. The molecule has 0 saturated heterocycles. The Labute approximate surface area is 124 Å². The predicted molar refractivity (Wildman–Crippen MR) is 81.6 cm³/mol. The molecule has 2 aliphatic rings. The minimum absolute atomic E-state index is 0.0480. The van der Waals surface area contributed by atoms with E-state index in [2.05, 4.69) is 60.2 Å². The van der Waals surface area contributed by atoms with E-state index in [1.165, 1.54) is 18.4 Å². The molecular weight excluding hydrogens is 302 g/mol. The first kappa shape index (κ1) is 13.4. The van der Waals surface area contributed by atoms with E-state index in [1.54, 1.807) is 0 Å². The summed E-state index contributed by atoms with van der Waals surface area (Å²) in [5, 5.41) is 3.62. The molecule has 19 heavy (non-hydrogen) atoms. The topological polar surface area (TPSA) is 21.3 Å². The van der Waals surface area contributed by atoms with Gasteiger partial charge in [-0.3, -0.25) is 0 Å². The molecule has 2 atom stereocenters. The molecule has 2 unspecified atom stereocenters. The highest BCUT2D eigenvalue weighted by Crippen LogP contribution is 2.59. The summed E-state index contributed by atoms with van der Waals surface area (Å²) in [6, 6.07) is 6.81. The van der Waals surface area contributed by atoms with E-state index in [9.17, 15) is 0 Å². The number of halogens is 1. The quantitative estimate of drug-likeness (QED) is 0.887. The smallest absolute Gasteiger partial charge is 0.126 e. The van der Waals surface area contributed by atoms with Gasteiger partial charge < -0.3 is 10.1 Å². The van der Waals surface area contributed by atoms with Gasteiger partial charge in [0.2, 0.25) is 0 Å². The molecule has 1 aliphatic heterocycles. The van der Waals surface area contributed by atoms with Crippen LogP contribution in [0.15, 0.2) is 22.7 Å². The maximum Gasteiger partial charge on any atom is 0.126 e. The summed E-state index contributed by atoms with van der Waals surface area (Å²) >= 11 is 3.55. The maximum atomic E-state index is 6.43. The molecule has 1 saturated carbocycles. The second-order valence-electron chi connectivity index (χ2n) is 6.39. The van der Waals surface area contributed by atoms with Crippen molar-refractivity contribution in [3.05, 3.63) is 28.2 Å². The zero-order valence-corrected chi connectivity index (χ0v) is 13.5. The summed E-state index contributed by atoms with van der Waals surface area (Å²) in [6.45, 7) is 7.81. The van der Waals surface area contributed by atoms with Gasteiger partial charge in [-0.15, -0.1) is 0 Å². The first-order valence-corrected chi connectivity index (χ1v) is 7.99. The van der Waals surface area contributed by atoms with E-state index in [-0.39, 0.29) is 5.60 Å². The predicted octanol–water partition coefficient (Wildman–Crippen LogP) is 4.44. The fourth-order valence-corrected chi connectivity index (χ4v) is 3.52. The van der Waals surface area contributed by atoms with Crippen LogP contribution >= 0.6 is 15.9 Å². The summed E-state index contributed by atoms with van der Waals surface area (Å²) in [5.74, 6) is 1.04. The van der Waals surface area contributed by atoms with Crippen molar-refractivity contribution in [2.24, 2.45) is 5.41 Å². The number of hydrogen-bond acceptors (Lipinski definition) is 2. The molecule has 1 fully saturated rings. The number of benzene rings is 1. The van der Waals surface area contributed by atoms with Crippen LogP contribution in [-0.4, -0.2) is 12.1 Å². The number of hydrogen-bond donors (Lipinski definition) is 1. The summed E-state index contributed by atoms with van der Waals surface area (Å²) in [5.41, 5.74) is 1.60. The summed E-state index contributed by atoms with van der Waals surface area (Å²) in [6.07, 6.45) is 3.63. The first-order chi connectivity index (χ1) is 8.97. The van der Waals surface area contributed by atoms with E-state index in [0.717, 1.165) is 23.2 Å². The average molecular weight is 324 g/mol. The molecule has 1 aliphatic carbocycles. The molecule has 0 aromatic heterocycles. The molecule has 1 heterocycles. The van der Waals surface area contributed by atoms with Crippen molar-refractivity contribution in [2.45, 2.75) is 51.7 Å². The van der Waals surface area contributed by atoms with E-state index in [0.29, 0.717) is 11.5 Å². The van der Waals surface area contributed by atoms with Gasteiger partial charge in [-0.25, -0.2) is 0 Å². The summed E-state index contributed by atoms with van der Waals surface area (Å²) in [7, 11) is 0. The number of fused-ring (bicyclic) bond motifs is 1. The average Bonchev–Trinajstić information content (AvgIpc) is 3.09. The van der Waals surface area contributed by atoms with E-state index >= 15 is 0 Å². The molecule has 0 amide bonds. The fraction of sp³-hybridized carbons (Fsp3) is 0.625. The van der Waals surface area contributed by atoms with Crippen molar-refractivity contribution < 1.29 is 4.74 Å². The Kier molecular flexibility index (Phi) is 3.18. The Bertz CT molecular complexity index is 498. The van der Waals surface area contributed by atoms with E-state index in [1.807, 2.05) is 0 Å².